The number of carbonyl (C=O) groups is 1. The third kappa shape index (κ3) is 4.26. The number of carboxylic acid groups (broad SMARTS) is 1. The van der Waals surface area contributed by atoms with E-state index in [0.717, 1.165) is 5.69 Å². The molecule has 2 aromatic rings. The van der Waals surface area contributed by atoms with E-state index in [1.807, 2.05) is 11.0 Å². The molecule has 0 radical (unpaired) electrons. The van der Waals surface area contributed by atoms with E-state index in [0.29, 0.717) is 68.8 Å². The van der Waals surface area contributed by atoms with E-state index >= 15 is 0 Å². The summed E-state index contributed by atoms with van der Waals surface area (Å²) in [6.45, 7) is 2.87. The highest BCUT2D eigenvalue weighted by Gasteiger charge is 2.39. The highest BCUT2D eigenvalue weighted by atomic mass is 16.5. The summed E-state index contributed by atoms with van der Waals surface area (Å²) in [4.78, 5) is 29.3. The number of hydrogen-bond acceptors (Lipinski definition) is 10. The standard InChI is InChI=1S/C19H26N8O4/c1-30-12-8-14(16(28)29)27(10-12)19-22-17(20-15-9-13(24-25-15)11-2-3-11)21-18(23-19)26-4-6-31-7-5-26/h9,11-12,14H,2-8,10H2,1H3,(H,28,29)(H2,20,21,22,23,24,25)/t12-,14-/m0/s1. The maximum absolute atomic E-state index is 11.9. The highest BCUT2D eigenvalue weighted by molar-refractivity contribution is 5.78. The minimum absolute atomic E-state index is 0.200. The maximum Gasteiger partial charge on any atom is 0.326 e. The molecule has 2 aromatic heterocycles. The van der Waals surface area contributed by atoms with Gasteiger partial charge in [0.1, 0.15) is 6.04 Å². The van der Waals surface area contributed by atoms with Crippen molar-refractivity contribution in [1.29, 1.82) is 0 Å². The summed E-state index contributed by atoms with van der Waals surface area (Å²) in [5, 5.41) is 20.2. The first kappa shape index (κ1) is 19.9. The lowest BCUT2D eigenvalue weighted by molar-refractivity contribution is -0.138. The van der Waals surface area contributed by atoms with Crippen molar-refractivity contribution >= 4 is 29.6 Å². The first-order valence-corrected chi connectivity index (χ1v) is 10.5. The van der Waals surface area contributed by atoms with Crippen LogP contribution < -0.4 is 15.1 Å². The van der Waals surface area contributed by atoms with E-state index in [2.05, 4.69) is 30.5 Å². The number of anilines is 4. The van der Waals surface area contributed by atoms with Crippen molar-refractivity contribution in [3.8, 4) is 0 Å². The Kier molecular flexibility index (Phi) is 5.32. The number of nitrogens with zero attached hydrogens (tertiary/aromatic N) is 6. The molecular weight excluding hydrogens is 404 g/mol. The van der Waals surface area contributed by atoms with Crippen molar-refractivity contribution in [3.63, 3.8) is 0 Å². The molecule has 0 spiro atoms. The van der Waals surface area contributed by atoms with Crippen molar-refractivity contribution in [1.82, 2.24) is 25.1 Å². The SMILES string of the molecule is CO[C@H]1C[C@@H](C(=O)O)N(c2nc(Nc3cc(C4CC4)[nH]n3)nc(N3CCOCC3)n2)C1. The van der Waals surface area contributed by atoms with Crippen molar-refractivity contribution in [3.05, 3.63) is 11.8 Å². The number of aromatic nitrogens is 5. The Bertz CT molecular complexity index is 943. The molecule has 31 heavy (non-hydrogen) atoms. The summed E-state index contributed by atoms with van der Waals surface area (Å²) in [6, 6.07) is 1.21. The Hall–Kier alpha value is -2.99. The van der Waals surface area contributed by atoms with Crippen LogP contribution in [-0.2, 0) is 14.3 Å². The zero-order chi connectivity index (χ0) is 21.4. The molecule has 2 aliphatic heterocycles. The fourth-order valence-electron chi connectivity index (χ4n) is 3.99. The van der Waals surface area contributed by atoms with Crippen LogP contribution >= 0.6 is 0 Å². The van der Waals surface area contributed by atoms with Crippen LogP contribution in [0.25, 0.3) is 0 Å². The maximum atomic E-state index is 11.9. The van der Waals surface area contributed by atoms with Crippen molar-refractivity contribution in [2.75, 3.05) is 55.1 Å². The molecule has 0 aromatic carbocycles. The van der Waals surface area contributed by atoms with Crippen LogP contribution in [-0.4, -0.2) is 88.3 Å². The molecule has 12 heteroatoms. The fraction of sp³-hybridized carbons (Fsp3) is 0.632. The van der Waals surface area contributed by atoms with Gasteiger partial charge in [0.25, 0.3) is 0 Å². The Morgan fingerprint density at radius 1 is 1.26 bits per heavy atom. The lowest BCUT2D eigenvalue weighted by atomic mass is 10.2. The lowest BCUT2D eigenvalue weighted by Crippen LogP contribution is -2.40. The van der Waals surface area contributed by atoms with Gasteiger partial charge in [0.2, 0.25) is 17.8 Å². The number of hydrogen-bond donors (Lipinski definition) is 3. The molecule has 3 aliphatic rings. The average molecular weight is 430 g/mol. The third-order valence-corrected chi connectivity index (χ3v) is 5.90. The topological polar surface area (TPSA) is 142 Å². The van der Waals surface area contributed by atoms with Crippen LogP contribution in [0, 0.1) is 0 Å². The minimum atomic E-state index is -0.927. The first-order chi connectivity index (χ1) is 15.1. The van der Waals surface area contributed by atoms with Crippen molar-refractivity contribution in [2.45, 2.75) is 37.3 Å². The number of aromatic amines is 1. The smallest absolute Gasteiger partial charge is 0.326 e. The second-order valence-electron chi connectivity index (χ2n) is 8.07. The van der Waals surface area contributed by atoms with E-state index in [1.54, 1.807) is 12.0 Å². The van der Waals surface area contributed by atoms with Gasteiger partial charge in [-0.3, -0.25) is 5.10 Å². The first-order valence-electron chi connectivity index (χ1n) is 10.5. The lowest BCUT2D eigenvalue weighted by Gasteiger charge is -2.28. The average Bonchev–Trinajstić information content (AvgIpc) is 3.37. The largest absolute Gasteiger partial charge is 0.480 e. The molecule has 12 nitrogen and oxygen atoms in total. The second-order valence-corrected chi connectivity index (χ2v) is 8.07. The predicted octanol–water partition coefficient (Wildman–Crippen LogP) is 0.731. The molecule has 0 amide bonds. The van der Waals surface area contributed by atoms with E-state index in [4.69, 9.17) is 9.47 Å². The number of rotatable bonds is 7. The van der Waals surface area contributed by atoms with Crippen LogP contribution in [0.15, 0.2) is 6.07 Å². The molecule has 4 heterocycles. The van der Waals surface area contributed by atoms with E-state index in [1.165, 1.54) is 12.8 Å². The third-order valence-electron chi connectivity index (χ3n) is 5.90. The van der Waals surface area contributed by atoms with Crippen LogP contribution in [0.5, 0.6) is 0 Å². The van der Waals surface area contributed by atoms with Gasteiger partial charge in [-0.05, 0) is 12.8 Å². The number of methoxy groups -OCH3 is 1. The number of carboxylic acids is 1. The van der Waals surface area contributed by atoms with Crippen LogP contribution in [0.3, 0.4) is 0 Å². The molecule has 1 aliphatic carbocycles. The molecule has 2 atom stereocenters. The van der Waals surface area contributed by atoms with Gasteiger partial charge in [0, 0.05) is 50.8 Å². The second kappa shape index (κ2) is 8.27. The highest BCUT2D eigenvalue weighted by Crippen LogP contribution is 2.39. The minimum Gasteiger partial charge on any atom is -0.480 e. The Morgan fingerprint density at radius 2 is 2.03 bits per heavy atom. The number of H-pyrrole nitrogens is 1. The van der Waals surface area contributed by atoms with Gasteiger partial charge in [-0.15, -0.1) is 0 Å². The summed E-state index contributed by atoms with van der Waals surface area (Å²) in [5.74, 6) is 1.36. The quantitative estimate of drug-likeness (QED) is 0.572. The zero-order valence-electron chi connectivity index (χ0n) is 17.3. The van der Waals surface area contributed by atoms with Gasteiger partial charge in [0.15, 0.2) is 5.82 Å². The number of aliphatic carboxylic acids is 1. The molecule has 0 bridgehead atoms. The molecule has 3 N–H and O–H groups in total. The summed E-state index contributed by atoms with van der Waals surface area (Å²) in [7, 11) is 1.58. The number of morpholine rings is 1. The molecule has 0 unspecified atom stereocenters. The monoisotopic (exact) mass is 430 g/mol. The van der Waals surface area contributed by atoms with E-state index < -0.39 is 12.0 Å². The van der Waals surface area contributed by atoms with Crippen molar-refractivity contribution < 1.29 is 19.4 Å². The Balaban J connectivity index is 1.46. The van der Waals surface area contributed by atoms with Crippen LogP contribution in [0.4, 0.5) is 23.7 Å². The van der Waals surface area contributed by atoms with Gasteiger partial charge in [-0.25, -0.2) is 4.79 Å². The van der Waals surface area contributed by atoms with Gasteiger partial charge < -0.3 is 29.7 Å². The zero-order valence-corrected chi connectivity index (χ0v) is 17.3. The summed E-state index contributed by atoms with van der Waals surface area (Å²) < 4.78 is 10.9. The molecule has 3 fully saturated rings. The van der Waals surface area contributed by atoms with E-state index in [-0.39, 0.29) is 6.10 Å². The molecule has 1 saturated carbocycles. The van der Waals surface area contributed by atoms with Gasteiger partial charge in [-0.1, -0.05) is 0 Å². The molecule has 2 saturated heterocycles. The Morgan fingerprint density at radius 3 is 2.74 bits per heavy atom. The molecule has 5 rings (SSSR count). The van der Waals surface area contributed by atoms with Gasteiger partial charge in [0.05, 0.1) is 19.3 Å². The van der Waals surface area contributed by atoms with Gasteiger partial charge >= 0.3 is 5.97 Å². The summed E-state index contributed by atoms with van der Waals surface area (Å²) >= 11 is 0. The number of ether oxygens (including phenoxy) is 2. The van der Waals surface area contributed by atoms with Crippen LogP contribution in [0.2, 0.25) is 0 Å². The number of nitrogens with one attached hydrogen (secondary N) is 2. The molecular formula is C19H26N8O4. The summed E-state index contributed by atoms with van der Waals surface area (Å²) in [5.41, 5.74) is 1.10. The molecule has 166 valence electrons. The van der Waals surface area contributed by atoms with E-state index in [9.17, 15) is 9.90 Å². The predicted molar refractivity (Wildman–Crippen MR) is 111 cm³/mol. The Labute approximate surface area is 179 Å². The summed E-state index contributed by atoms with van der Waals surface area (Å²) in [6.07, 6.45) is 2.51. The normalized spacial score (nSPS) is 23.9. The van der Waals surface area contributed by atoms with Crippen LogP contribution in [0.1, 0.15) is 30.9 Å². The van der Waals surface area contributed by atoms with Crippen molar-refractivity contribution in [2.24, 2.45) is 0 Å². The van der Waals surface area contributed by atoms with Gasteiger partial charge in [-0.2, -0.15) is 20.1 Å². The fourth-order valence-corrected chi connectivity index (χ4v) is 3.99.